The van der Waals surface area contributed by atoms with E-state index in [9.17, 15) is 50.7 Å². The van der Waals surface area contributed by atoms with Crippen molar-refractivity contribution in [1.82, 2.24) is 60.0 Å². The normalized spacial score (nSPS) is 31.2. The van der Waals surface area contributed by atoms with Crippen molar-refractivity contribution in [3.63, 3.8) is 0 Å². The summed E-state index contributed by atoms with van der Waals surface area (Å²) in [6.07, 6.45) is -9.58. The highest BCUT2D eigenvalue weighted by Crippen LogP contribution is 2.45. The van der Waals surface area contributed by atoms with E-state index in [1.165, 1.54) is 64.1 Å². The van der Waals surface area contributed by atoms with Crippen molar-refractivity contribution in [2.45, 2.75) is 254 Å². The van der Waals surface area contributed by atoms with Crippen molar-refractivity contribution in [2.24, 2.45) is 29.6 Å². The molecule has 3 N–H and O–H groups in total. The predicted molar refractivity (Wildman–Crippen MR) is 378 cm³/mol. The van der Waals surface area contributed by atoms with Crippen molar-refractivity contribution in [3.8, 4) is 0 Å². The van der Waals surface area contributed by atoms with E-state index in [4.69, 9.17) is 9.47 Å². The maximum atomic E-state index is 15.6. The van der Waals surface area contributed by atoms with E-state index in [1.807, 2.05) is 13.8 Å². The molecule has 0 aromatic heterocycles. The Morgan fingerprint density at radius 3 is 1.84 bits per heavy atom. The number of ether oxygens (including phenoxy) is 2. The Labute approximate surface area is 623 Å². The third kappa shape index (κ3) is 21.0. The molecule has 4 aliphatic heterocycles. The van der Waals surface area contributed by atoms with E-state index < -0.39 is 243 Å². The fourth-order valence-corrected chi connectivity index (χ4v) is 16.6. The van der Waals surface area contributed by atoms with E-state index in [1.54, 1.807) is 32.9 Å². The minimum absolute atomic E-state index is 0.0494. The lowest BCUT2D eigenvalue weighted by Crippen LogP contribution is -2.68. The van der Waals surface area contributed by atoms with Crippen LogP contribution in [0.1, 0.15) is 169 Å². The van der Waals surface area contributed by atoms with Gasteiger partial charge in [-0.05, 0) is 120 Å². The molecule has 2 bridgehead atoms. The summed E-state index contributed by atoms with van der Waals surface area (Å²) in [5.41, 5.74) is -1.70. The number of alkyl halides is 7. The molecule has 3 aliphatic carbocycles. The third-order valence-electron chi connectivity index (χ3n) is 23.7. The maximum absolute atomic E-state index is 15.6. The number of likely N-dealkylation sites (N-methyl/N-ethyl adjacent to an activating group) is 6. The summed E-state index contributed by atoms with van der Waals surface area (Å²) in [5.74, 6) is -18.3. The Hall–Kier alpha value is -7.19. The molecule has 4 heterocycles. The molecule has 0 aromatic rings. The van der Waals surface area contributed by atoms with E-state index in [2.05, 4.69) is 16.0 Å². The zero-order valence-electron chi connectivity index (χ0n) is 64.3. The van der Waals surface area contributed by atoms with Crippen LogP contribution >= 0.6 is 0 Å². The topological polar surface area (TPSA) is 289 Å². The maximum Gasteiger partial charge on any atom is 0.397 e. The fourth-order valence-electron chi connectivity index (χ4n) is 16.6. The molecule has 3 saturated carbocycles. The van der Waals surface area contributed by atoms with Crippen LogP contribution in [-0.2, 0) is 67.0 Å². The molecule has 33 heteroatoms. The number of methoxy groups -OCH3 is 1. The van der Waals surface area contributed by atoms with Gasteiger partial charge in [0.2, 0.25) is 76.8 Å². The summed E-state index contributed by atoms with van der Waals surface area (Å²) in [6, 6.07) is -11.6. The number of hydrogen-bond donors (Lipinski definition) is 3. The molecule has 0 aromatic carbocycles. The molecule has 0 radical (unpaired) electrons. The Morgan fingerprint density at radius 1 is 0.645 bits per heavy atom. The van der Waals surface area contributed by atoms with Crippen LogP contribution in [0.5, 0.6) is 0 Å². The Kier molecular flexibility index (Phi) is 30.9. The SMILES string of the molecule is CCO[C@@H]1C[C@H]2C(=O)NC3(CCC3)C(=O)N(C)[C@@H](C(CC)CC)C(=O)N(C)[C@H](C(=O)N3CCCC3)CC(=O)N(C)[C@@H](COC)C(=O)N[C@@H]([C@@H](C)CC)C(=O)N(C)CC(=O)N(C)[C@H]3C/C=C\CCN(C3=O)[C@@H](CC3CCC(F)(F)CC3)C(=O)N(C)CC(=O)N[C@@H](CCC3CC(F)C(C(F)(F)F)C(F)C3)C(=O)N2C1. The van der Waals surface area contributed by atoms with Gasteiger partial charge in [0, 0.05) is 101 Å². The summed E-state index contributed by atoms with van der Waals surface area (Å²) < 4.78 is 114. The molecule has 7 rings (SSSR count). The van der Waals surface area contributed by atoms with Gasteiger partial charge in [-0.25, -0.2) is 17.6 Å². The van der Waals surface area contributed by atoms with Crippen LogP contribution in [-0.4, -0.2) is 301 Å². The number of nitrogens with zero attached hydrogens (tertiary/aromatic N) is 9. The van der Waals surface area contributed by atoms with E-state index in [0.717, 1.165) is 29.4 Å². The van der Waals surface area contributed by atoms with Crippen LogP contribution in [0.25, 0.3) is 0 Å². The number of carbonyl (C=O) groups excluding carboxylic acids is 12. The number of amides is 12. The smallest absolute Gasteiger partial charge is 0.382 e. The van der Waals surface area contributed by atoms with Gasteiger partial charge in [-0.15, -0.1) is 0 Å². The fraction of sp³-hybridized carbons (Fsp3) is 0.811. The first-order chi connectivity index (χ1) is 50.4. The summed E-state index contributed by atoms with van der Waals surface area (Å²) in [6.45, 7) is 7.10. The molecule has 107 heavy (non-hydrogen) atoms. The molecule has 604 valence electrons. The van der Waals surface area contributed by atoms with Crippen molar-refractivity contribution in [2.75, 3.05) is 102 Å². The molecular formula is C74H115F7N12O14. The molecule has 1 spiro atoms. The van der Waals surface area contributed by atoms with Gasteiger partial charge in [0.05, 0.1) is 32.2 Å². The van der Waals surface area contributed by atoms with E-state index in [-0.39, 0.29) is 77.5 Å². The molecule has 3 saturated heterocycles. The van der Waals surface area contributed by atoms with Gasteiger partial charge in [-0.3, -0.25) is 57.5 Å². The second-order valence-electron chi connectivity index (χ2n) is 30.9. The number of carbonyl (C=O) groups is 12. The van der Waals surface area contributed by atoms with E-state index in [0.29, 0.717) is 51.6 Å². The van der Waals surface area contributed by atoms with Crippen LogP contribution < -0.4 is 16.0 Å². The number of fused-ring (bicyclic) bond motifs is 3. The number of halogens is 7. The molecule has 12 atom stereocenters. The first-order valence-corrected chi connectivity index (χ1v) is 38.2. The average Bonchev–Trinajstić information content (AvgIpc) is 0.804. The first kappa shape index (κ1) is 87.0. The van der Waals surface area contributed by atoms with Crippen LogP contribution in [0.2, 0.25) is 0 Å². The standard InChI is InChI=1S/C74H115F7N12O14/c1-13-44(5)61-69(103)86(7)42-59(96)87(8)52-23-18-17-19-34-92(68(52)102)55(37-45-26-30-73(77,78)31-27-45)66(100)85(6)41-57(94)82-51(25-24-46-35-49(75)60(50(76)36-46)74(79,80)81)65(99)93-40-48(107-16-4)38-53(93)64(98)84-72(28-22-29-72)71(105)90(11)62(47(14-2)15-3)70(104)89(10)54(67(101)91-32-20-21-33-91)39-58(95)88(9)56(43-106-12)63(97)83-61/h17-18,44-56,60-62H,13-16,19-43H2,1-12H3,(H,82,94)(H,83,97)(H,84,98)/b18-17-/t44-,46?,48+,49?,50?,51-,52-,53-,54-,55-,56-,60?,61-,62-/m0/s1. The monoisotopic (exact) mass is 1530 g/mol. The molecule has 12 amide bonds. The Balaban J connectivity index is 1.32. The lowest BCUT2D eigenvalue weighted by Gasteiger charge is -2.47. The number of hydrogen-bond acceptors (Lipinski definition) is 14. The van der Waals surface area contributed by atoms with Crippen LogP contribution in [0.4, 0.5) is 30.7 Å². The van der Waals surface area contributed by atoms with Crippen molar-refractivity contribution >= 4 is 70.9 Å². The molecule has 2 unspecified atom stereocenters. The van der Waals surface area contributed by atoms with Crippen molar-refractivity contribution in [3.05, 3.63) is 12.2 Å². The highest BCUT2D eigenvalue weighted by Gasteiger charge is 2.56. The molecule has 7 aliphatic rings. The zero-order valence-corrected chi connectivity index (χ0v) is 64.3. The number of likely N-dealkylation sites (tertiary alicyclic amines) is 1. The zero-order chi connectivity index (χ0) is 79.3. The Bertz CT molecular complexity index is 3170. The second kappa shape index (κ2) is 38.0. The van der Waals surface area contributed by atoms with Gasteiger partial charge in [-0.2, -0.15) is 13.2 Å². The van der Waals surface area contributed by atoms with Crippen LogP contribution in [0.15, 0.2) is 12.2 Å². The van der Waals surface area contributed by atoms with Gasteiger partial charge in [0.1, 0.15) is 72.1 Å². The highest BCUT2D eigenvalue weighted by atomic mass is 19.4. The Morgan fingerprint density at radius 2 is 1.27 bits per heavy atom. The minimum atomic E-state index is -5.21. The molecule has 26 nitrogen and oxygen atoms in total. The van der Waals surface area contributed by atoms with Gasteiger partial charge in [-0.1, -0.05) is 59.1 Å². The predicted octanol–water partition coefficient (Wildman–Crippen LogP) is 5.19. The summed E-state index contributed by atoms with van der Waals surface area (Å²) in [4.78, 5) is 192. The largest absolute Gasteiger partial charge is 0.397 e. The number of rotatable bonds is 15. The molecule has 6 fully saturated rings. The van der Waals surface area contributed by atoms with Crippen LogP contribution in [0, 0.1) is 29.6 Å². The van der Waals surface area contributed by atoms with E-state index >= 15 is 37.5 Å². The summed E-state index contributed by atoms with van der Waals surface area (Å²) >= 11 is 0. The first-order valence-electron chi connectivity index (χ1n) is 38.2. The van der Waals surface area contributed by atoms with Crippen molar-refractivity contribution in [1.29, 1.82) is 0 Å². The number of nitrogens with one attached hydrogen (secondary N) is 3. The lowest BCUT2D eigenvalue weighted by molar-refractivity contribution is -0.219. The van der Waals surface area contributed by atoms with Gasteiger partial charge in [0.15, 0.2) is 0 Å². The van der Waals surface area contributed by atoms with Crippen LogP contribution in [0.3, 0.4) is 0 Å². The van der Waals surface area contributed by atoms with Gasteiger partial charge >= 0.3 is 6.18 Å². The summed E-state index contributed by atoms with van der Waals surface area (Å²) in [7, 11) is 9.23. The quantitative estimate of drug-likeness (QED) is 0.141. The van der Waals surface area contributed by atoms with Crippen molar-refractivity contribution < 1.29 is 97.7 Å². The minimum Gasteiger partial charge on any atom is -0.382 e. The lowest BCUT2D eigenvalue weighted by atomic mass is 9.74. The third-order valence-corrected chi connectivity index (χ3v) is 23.7. The van der Waals surface area contributed by atoms with Gasteiger partial charge < -0.3 is 69.5 Å². The summed E-state index contributed by atoms with van der Waals surface area (Å²) in [5, 5.41) is 8.35. The van der Waals surface area contributed by atoms with Gasteiger partial charge in [0.25, 0.3) is 0 Å². The second-order valence-corrected chi connectivity index (χ2v) is 30.9. The highest BCUT2D eigenvalue weighted by molar-refractivity contribution is 6.01. The average molecular weight is 1530 g/mol. The molecular weight excluding hydrogens is 1410 g/mol.